The van der Waals surface area contributed by atoms with Crippen molar-refractivity contribution in [3.63, 3.8) is 0 Å². The highest BCUT2D eigenvalue weighted by atomic mass is 32.1. The third kappa shape index (κ3) is 3.37. The molecule has 0 radical (unpaired) electrons. The molecule has 0 spiro atoms. The third-order valence-corrected chi connectivity index (χ3v) is 7.31. The van der Waals surface area contributed by atoms with E-state index in [0.717, 1.165) is 39.9 Å². The monoisotopic (exact) mass is 443 g/mol. The maximum Gasteiger partial charge on any atom is 0.235 e. The molecule has 1 aromatic heterocycles. The van der Waals surface area contributed by atoms with Crippen molar-refractivity contribution in [2.24, 2.45) is 11.3 Å². The molecule has 2 aromatic carbocycles. The predicted octanol–water partition coefficient (Wildman–Crippen LogP) is 4.68. The molecule has 5 rings (SSSR count). The first-order chi connectivity index (χ1) is 15.4. The van der Waals surface area contributed by atoms with E-state index in [1.807, 2.05) is 67.3 Å². The van der Waals surface area contributed by atoms with E-state index in [0.29, 0.717) is 0 Å². The molecule has 32 heavy (non-hydrogen) atoms. The highest BCUT2D eigenvalue weighted by Crippen LogP contribution is 2.47. The van der Waals surface area contributed by atoms with E-state index in [1.165, 1.54) is 11.5 Å². The van der Waals surface area contributed by atoms with E-state index in [2.05, 4.69) is 21.5 Å². The van der Waals surface area contributed by atoms with Crippen LogP contribution in [0, 0.1) is 23.2 Å². The molecule has 162 valence electrons. The molecule has 2 heterocycles. The standard InChI is InChI=1S/C26H25N3O2S/c1-4-8-20-19-14-13-18(15-21(19)32-28-20)29-22(16-9-6-5-7-10-16)23(26(2,3)25(29)31)27-24(30)17-11-12-17/h5-7,9-10,13-15,17,22-23H,11-12H2,1-3H3,(H,27,30)/t22-,23-/m1/s1. The molecule has 0 bridgehead atoms. The summed E-state index contributed by atoms with van der Waals surface area (Å²) in [6.07, 6.45) is 1.86. The maximum absolute atomic E-state index is 13.8. The summed E-state index contributed by atoms with van der Waals surface area (Å²) in [5, 5.41) is 4.23. The van der Waals surface area contributed by atoms with E-state index in [9.17, 15) is 9.59 Å². The van der Waals surface area contributed by atoms with Gasteiger partial charge in [-0.05, 0) is 74.8 Å². The molecule has 2 amide bonds. The molecule has 2 fully saturated rings. The molecule has 1 aliphatic heterocycles. The molecular weight excluding hydrogens is 418 g/mol. The summed E-state index contributed by atoms with van der Waals surface area (Å²) in [6.45, 7) is 5.66. The zero-order valence-electron chi connectivity index (χ0n) is 18.4. The zero-order valence-corrected chi connectivity index (χ0v) is 19.2. The number of anilines is 1. The average Bonchev–Trinajstić information content (AvgIpc) is 3.54. The fourth-order valence-electron chi connectivity index (χ4n) is 4.54. The summed E-state index contributed by atoms with van der Waals surface area (Å²) in [4.78, 5) is 28.4. The lowest BCUT2D eigenvalue weighted by atomic mass is 9.82. The Morgan fingerprint density at radius 3 is 2.62 bits per heavy atom. The van der Waals surface area contributed by atoms with Crippen LogP contribution in [0.15, 0.2) is 48.5 Å². The number of nitrogens with one attached hydrogen (secondary N) is 1. The lowest BCUT2D eigenvalue weighted by molar-refractivity contribution is -0.126. The SMILES string of the molecule is CC#Cc1nsc2cc(N3C(=O)C(C)(C)[C@H](NC(=O)C4CC4)[C@H]3c3ccccc3)ccc12. The van der Waals surface area contributed by atoms with Gasteiger partial charge in [0.1, 0.15) is 5.69 Å². The number of rotatable bonds is 4. The van der Waals surface area contributed by atoms with Gasteiger partial charge in [-0.3, -0.25) is 9.59 Å². The number of carbonyl (C=O) groups excluding carboxylic acids is 2. The Kier molecular flexibility index (Phi) is 5.02. The van der Waals surface area contributed by atoms with Crippen LogP contribution in [0.5, 0.6) is 0 Å². The van der Waals surface area contributed by atoms with Crippen LogP contribution in [0.1, 0.15) is 50.9 Å². The summed E-state index contributed by atoms with van der Waals surface area (Å²) in [5.74, 6) is 6.09. The average molecular weight is 444 g/mol. The smallest absolute Gasteiger partial charge is 0.235 e. The zero-order chi connectivity index (χ0) is 22.5. The van der Waals surface area contributed by atoms with Crippen LogP contribution >= 0.6 is 11.5 Å². The number of amides is 2. The number of hydrogen-bond donors (Lipinski definition) is 1. The van der Waals surface area contributed by atoms with Crippen molar-refractivity contribution < 1.29 is 9.59 Å². The topological polar surface area (TPSA) is 62.3 Å². The quantitative estimate of drug-likeness (QED) is 0.596. The van der Waals surface area contributed by atoms with Crippen molar-refractivity contribution in [2.45, 2.75) is 45.7 Å². The van der Waals surface area contributed by atoms with Crippen LogP contribution in [-0.2, 0) is 9.59 Å². The second kappa shape index (κ2) is 7.75. The molecule has 5 nitrogen and oxygen atoms in total. The molecule has 1 N–H and O–H groups in total. The first kappa shape index (κ1) is 20.7. The third-order valence-electron chi connectivity index (χ3n) is 6.51. The molecule has 2 atom stereocenters. The van der Waals surface area contributed by atoms with Crippen molar-refractivity contribution in [1.29, 1.82) is 0 Å². The minimum atomic E-state index is -0.743. The van der Waals surface area contributed by atoms with E-state index in [4.69, 9.17) is 0 Å². The van der Waals surface area contributed by atoms with Crippen molar-refractivity contribution in [2.75, 3.05) is 4.90 Å². The summed E-state index contributed by atoms with van der Waals surface area (Å²) >= 11 is 1.39. The fourth-order valence-corrected chi connectivity index (χ4v) is 5.31. The number of aromatic nitrogens is 1. The van der Waals surface area contributed by atoms with Gasteiger partial charge < -0.3 is 10.2 Å². The molecule has 2 aliphatic rings. The lowest BCUT2D eigenvalue weighted by Crippen LogP contribution is -2.46. The van der Waals surface area contributed by atoms with Crippen molar-refractivity contribution in [1.82, 2.24) is 9.69 Å². The number of carbonyl (C=O) groups is 2. The highest BCUT2D eigenvalue weighted by Gasteiger charge is 2.55. The van der Waals surface area contributed by atoms with E-state index < -0.39 is 5.41 Å². The lowest BCUT2D eigenvalue weighted by Gasteiger charge is -2.31. The first-order valence-electron chi connectivity index (χ1n) is 10.9. The minimum absolute atomic E-state index is 0.00453. The number of hydrogen-bond acceptors (Lipinski definition) is 4. The minimum Gasteiger partial charge on any atom is -0.350 e. The van der Waals surface area contributed by atoms with Gasteiger partial charge in [-0.2, -0.15) is 4.37 Å². The Hall–Kier alpha value is -3.17. The van der Waals surface area contributed by atoms with E-state index in [-0.39, 0.29) is 29.8 Å². The van der Waals surface area contributed by atoms with Gasteiger partial charge in [0.15, 0.2) is 0 Å². The van der Waals surface area contributed by atoms with Gasteiger partial charge >= 0.3 is 0 Å². The highest BCUT2D eigenvalue weighted by molar-refractivity contribution is 7.13. The van der Waals surface area contributed by atoms with Crippen LogP contribution in [-0.4, -0.2) is 22.2 Å². The molecule has 0 unspecified atom stereocenters. The molecule has 1 saturated carbocycles. The Balaban J connectivity index is 1.61. The van der Waals surface area contributed by atoms with Crippen LogP contribution < -0.4 is 10.2 Å². The summed E-state index contributed by atoms with van der Waals surface area (Å²) in [7, 11) is 0. The predicted molar refractivity (Wildman–Crippen MR) is 127 cm³/mol. The maximum atomic E-state index is 13.8. The van der Waals surface area contributed by atoms with Gasteiger partial charge in [-0.1, -0.05) is 36.3 Å². The number of nitrogens with zero attached hydrogens (tertiary/aromatic N) is 2. The first-order valence-corrected chi connectivity index (χ1v) is 11.7. The fraction of sp³-hybridized carbons (Fsp3) is 0.346. The van der Waals surface area contributed by atoms with Gasteiger partial charge in [-0.25, -0.2) is 0 Å². The van der Waals surface area contributed by atoms with Gasteiger partial charge in [0.2, 0.25) is 11.8 Å². The van der Waals surface area contributed by atoms with Crippen molar-refractivity contribution in [3.8, 4) is 11.8 Å². The van der Waals surface area contributed by atoms with Crippen LogP contribution in [0.4, 0.5) is 5.69 Å². The Labute approximate surface area is 192 Å². The summed E-state index contributed by atoms with van der Waals surface area (Å²) in [6, 6.07) is 15.3. The number of benzene rings is 2. The Morgan fingerprint density at radius 1 is 1.19 bits per heavy atom. The normalized spacial score (nSPS) is 22.0. The molecule has 1 saturated heterocycles. The molecule has 6 heteroatoms. The van der Waals surface area contributed by atoms with Crippen LogP contribution in [0.2, 0.25) is 0 Å². The summed E-state index contributed by atoms with van der Waals surface area (Å²) in [5.41, 5.74) is 1.84. The van der Waals surface area contributed by atoms with Gasteiger partial charge in [-0.15, -0.1) is 0 Å². The Morgan fingerprint density at radius 2 is 1.94 bits per heavy atom. The van der Waals surface area contributed by atoms with Gasteiger partial charge in [0.25, 0.3) is 0 Å². The van der Waals surface area contributed by atoms with Gasteiger partial charge in [0, 0.05) is 17.0 Å². The van der Waals surface area contributed by atoms with E-state index in [1.54, 1.807) is 6.92 Å². The second-order valence-corrected chi connectivity index (χ2v) is 9.90. The largest absolute Gasteiger partial charge is 0.350 e. The van der Waals surface area contributed by atoms with Gasteiger partial charge in [0.05, 0.1) is 22.2 Å². The molecule has 1 aliphatic carbocycles. The summed E-state index contributed by atoms with van der Waals surface area (Å²) < 4.78 is 5.45. The Bertz CT molecular complexity index is 1260. The number of fused-ring (bicyclic) bond motifs is 1. The van der Waals surface area contributed by atoms with Crippen LogP contribution in [0.25, 0.3) is 10.1 Å². The molecular formula is C26H25N3O2S. The molecule has 3 aromatic rings. The van der Waals surface area contributed by atoms with Crippen molar-refractivity contribution >= 4 is 39.1 Å². The van der Waals surface area contributed by atoms with Crippen LogP contribution in [0.3, 0.4) is 0 Å². The second-order valence-electron chi connectivity index (χ2n) is 9.10. The van der Waals surface area contributed by atoms with Crippen molar-refractivity contribution in [3.05, 3.63) is 59.8 Å². The van der Waals surface area contributed by atoms with E-state index >= 15 is 0 Å².